The van der Waals surface area contributed by atoms with E-state index in [4.69, 9.17) is 9.63 Å². The SMILES string of the molecule is CC(C)N(CCCO)Cc1noc(-c2ccccc2)n1. The highest BCUT2D eigenvalue weighted by Crippen LogP contribution is 2.17. The van der Waals surface area contributed by atoms with Gasteiger partial charge in [-0.3, -0.25) is 4.90 Å². The van der Waals surface area contributed by atoms with E-state index >= 15 is 0 Å². The van der Waals surface area contributed by atoms with Crippen LogP contribution in [0.15, 0.2) is 34.9 Å². The van der Waals surface area contributed by atoms with Gasteiger partial charge in [0.25, 0.3) is 5.89 Å². The van der Waals surface area contributed by atoms with Crippen LogP contribution in [0, 0.1) is 0 Å². The van der Waals surface area contributed by atoms with Gasteiger partial charge in [-0.05, 0) is 32.4 Å². The van der Waals surface area contributed by atoms with E-state index in [0.29, 0.717) is 24.3 Å². The van der Waals surface area contributed by atoms with Crippen LogP contribution in [0.5, 0.6) is 0 Å². The molecule has 108 valence electrons. The topological polar surface area (TPSA) is 62.4 Å². The molecule has 1 N–H and O–H groups in total. The van der Waals surface area contributed by atoms with Gasteiger partial charge in [0.2, 0.25) is 0 Å². The van der Waals surface area contributed by atoms with Crippen LogP contribution in [-0.4, -0.2) is 39.3 Å². The summed E-state index contributed by atoms with van der Waals surface area (Å²) in [7, 11) is 0. The first-order valence-corrected chi connectivity index (χ1v) is 6.93. The molecule has 0 fully saturated rings. The summed E-state index contributed by atoms with van der Waals surface area (Å²) in [5.41, 5.74) is 0.928. The predicted molar refractivity (Wildman–Crippen MR) is 77.0 cm³/mol. The Morgan fingerprint density at radius 2 is 2.00 bits per heavy atom. The Morgan fingerprint density at radius 1 is 1.25 bits per heavy atom. The summed E-state index contributed by atoms with van der Waals surface area (Å²) in [5, 5.41) is 13.0. The molecular formula is C15H21N3O2. The van der Waals surface area contributed by atoms with Crippen LogP contribution in [0.2, 0.25) is 0 Å². The third-order valence-electron chi connectivity index (χ3n) is 3.17. The van der Waals surface area contributed by atoms with Gasteiger partial charge in [0.15, 0.2) is 5.82 Å². The molecule has 1 aromatic heterocycles. The Morgan fingerprint density at radius 3 is 2.65 bits per heavy atom. The minimum atomic E-state index is 0.199. The maximum atomic E-state index is 8.94. The highest BCUT2D eigenvalue weighted by Gasteiger charge is 2.14. The van der Waals surface area contributed by atoms with Gasteiger partial charge < -0.3 is 9.63 Å². The molecule has 0 spiro atoms. The van der Waals surface area contributed by atoms with Crippen molar-refractivity contribution in [1.29, 1.82) is 0 Å². The summed E-state index contributed by atoms with van der Waals surface area (Å²) in [6.07, 6.45) is 0.752. The number of hydrogen-bond acceptors (Lipinski definition) is 5. The van der Waals surface area contributed by atoms with Crippen LogP contribution in [0.25, 0.3) is 11.5 Å². The number of aliphatic hydroxyl groups is 1. The molecule has 0 bridgehead atoms. The second-order valence-electron chi connectivity index (χ2n) is 5.02. The van der Waals surface area contributed by atoms with E-state index in [-0.39, 0.29) is 6.61 Å². The first-order valence-electron chi connectivity index (χ1n) is 6.93. The average molecular weight is 275 g/mol. The van der Waals surface area contributed by atoms with Crippen LogP contribution < -0.4 is 0 Å². The van der Waals surface area contributed by atoms with Crippen molar-refractivity contribution in [2.24, 2.45) is 0 Å². The minimum Gasteiger partial charge on any atom is -0.396 e. The smallest absolute Gasteiger partial charge is 0.257 e. The van der Waals surface area contributed by atoms with Crippen molar-refractivity contribution in [3.05, 3.63) is 36.2 Å². The molecule has 0 aliphatic carbocycles. The van der Waals surface area contributed by atoms with E-state index < -0.39 is 0 Å². The Kier molecular flexibility index (Phi) is 5.26. The first kappa shape index (κ1) is 14.7. The van der Waals surface area contributed by atoms with Crippen molar-refractivity contribution in [2.75, 3.05) is 13.2 Å². The number of rotatable bonds is 7. The first-order chi connectivity index (χ1) is 9.70. The standard InChI is InChI=1S/C15H21N3O2/c1-12(2)18(9-6-10-19)11-14-16-15(20-17-14)13-7-4-3-5-8-13/h3-5,7-8,12,19H,6,9-11H2,1-2H3. The molecule has 0 saturated heterocycles. The summed E-state index contributed by atoms with van der Waals surface area (Å²) in [6.45, 7) is 5.90. The number of benzene rings is 1. The molecule has 0 amide bonds. The van der Waals surface area contributed by atoms with Crippen molar-refractivity contribution < 1.29 is 9.63 Å². The van der Waals surface area contributed by atoms with Crippen molar-refractivity contribution in [3.8, 4) is 11.5 Å². The van der Waals surface area contributed by atoms with Crippen LogP contribution >= 0.6 is 0 Å². The van der Waals surface area contributed by atoms with Crippen molar-refractivity contribution in [1.82, 2.24) is 15.0 Å². The predicted octanol–water partition coefficient (Wildman–Crippen LogP) is 2.33. The third-order valence-corrected chi connectivity index (χ3v) is 3.17. The molecule has 2 aromatic rings. The Bertz CT molecular complexity index is 511. The Hall–Kier alpha value is -1.72. The molecule has 0 atom stereocenters. The molecule has 0 unspecified atom stereocenters. The summed E-state index contributed by atoms with van der Waals surface area (Å²) in [6, 6.07) is 10.1. The fraction of sp³-hybridized carbons (Fsp3) is 0.467. The van der Waals surface area contributed by atoms with Gasteiger partial charge in [-0.15, -0.1) is 0 Å². The molecule has 5 nitrogen and oxygen atoms in total. The molecule has 0 saturated carbocycles. The zero-order chi connectivity index (χ0) is 14.4. The molecule has 2 rings (SSSR count). The van der Waals surface area contributed by atoms with E-state index in [1.165, 1.54) is 0 Å². The highest BCUT2D eigenvalue weighted by atomic mass is 16.5. The van der Waals surface area contributed by atoms with Gasteiger partial charge in [-0.25, -0.2) is 0 Å². The number of aliphatic hydroxyl groups excluding tert-OH is 1. The second-order valence-corrected chi connectivity index (χ2v) is 5.02. The summed E-state index contributed by atoms with van der Waals surface area (Å²) in [4.78, 5) is 6.65. The number of aromatic nitrogens is 2. The highest BCUT2D eigenvalue weighted by molar-refractivity contribution is 5.51. The molecule has 0 radical (unpaired) electrons. The molecule has 1 aromatic carbocycles. The molecular weight excluding hydrogens is 254 g/mol. The molecule has 0 aliphatic heterocycles. The molecule has 0 aliphatic rings. The van der Waals surface area contributed by atoms with Crippen LogP contribution in [0.3, 0.4) is 0 Å². The third kappa shape index (κ3) is 3.88. The summed E-state index contributed by atoms with van der Waals surface area (Å²) in [5.74, 6) is 1.22. The molecule has 5 heteroatoms. The van der Waals surface area contributed by atoms with Gasteiger partial charge in [0.05, 0.1) is 6.54 Å². The number of hydrogen-bond donors (Lipinski definition) is 1. The van der Waals surface area contributed by atoms with Gasteiger partial charge in [0, 0.05) is 24.8 Å². The normalized spacial score (nSPS) is 11.4. The molecule has 20 heavy (non-hydrogen) atoms. The molecule has 1 heterocycles. The van der Waals surface area contributed by atoms with E-state index in [2.05, 4.69) is 28.9 Å². The monoisotopic (exact) mass is 275 g/mol. The lowest BCUT2D eigenvalue weighted by Crippen LogP contribution is -2.32. The van der Waals surface area contributed by atoms with Gasteiger partial charge in [0.1, 0.15) is 0 Å². The lowest BCUT2D eigenvalue weighted by molar-refractivity contribution is 0.179. The fourth-order valence-electron chi connectivity index (χ4n) is 1.99. The average Bonchev–Trinajstić information content (AvgIpc) is 2.92. The van der Waals surface area contributed by atoms with Crippen molar-refractivity contribution in [2.45, 2.75) is 32.9 Å². The van der Waals surface area contributed by atoms with Gasteiger partial charge in [-0.2, -0.15) is 4.98 Å². The van der Waals surface area contributed by atoms with Crippen molar-refractivity contribution in [3.63, 3.8) is 0 Å². The minimum absolute atomic E-state index is 0.199. The summed E-state index contributed by atoms with van der Waals surface area (Å²) >= 11 is 0. The maximum Gasteiger partial charge on any atom is 0.257 e. The van der Waals surface area contributed by atoms with E-state index in [1.807, 2.05) is 30.3 Å². The zero-order valence-corrected chi connectivity index (χ0v) is 12.0. The van der Waals surface area contributed by atoms with E-state index in [1.54, 1.807) is 0 Å². The van der Waals surface area contributed by atoms with Crippen LogP contribution in [0.1, 0.15) is 26.1 Å². The lowest BCUT2D eigenvalue weighted by atomic mass is 10.2. The quantitative estimate of drug-likeness (QED) is 0.840. The Balaban J connectivity index is 2.04. The number of nitrogens with zero attached hydrogens (tertiary/aromatic N) is 3. The zero-order valence-electron chi connectivity index (χ0n) is 12.0. The second kappa shape index (κ2) is 7.17. The fourth-order valence-corrected chi connectivity index (χ4v) is 1.99. The van der Waals surface area contributed by atoms with Gasteiger partial charge in [-0.1, -0.05) is 23.4 Å². The van der Waals surface area contributed by atoms with Crippen LogP contribution in [0.4, 0.5) is 0 Å². The summed E-state index contributed by atoms with van der Waals surface area (Å²) < 4.78 is 5.30. The van der Waals surface area contributed by atoms with E-state index in [0.717, 1.165) is 18.5 Å². The van der Waals surface area contributed by atoms with E-state index in [9.17, 15) is 0 Å². The largest absolute Gasteiger partial charge is 0.396 e. The lowest BCUT2D eigenvalue weighted by Gasteiger charge is -2.24. The maximum absolute atomic E-state index is 8.94. The van der Waals surface area contributed by atoms with Crippen LogP contribution in [-0.2, 0) is 6.54 Å². The Labute approximate surface area is 119 Å². The van der Waals surface area contributed by atoms with Gasteiger partial charge >= 0.3 is 0 Å². The van der Waals surface area contributed by atoms with Crippen molar-refractivity contribution >= 4 is 0 Å².